The van der Waals surface area contributed by atoms with Gasteiger partial charge in [0.15, 0.2) is 11.7 Å². The Hall–Kier alpha value is -3.17. The van der Waals surface area contributed by atoms with E-state index in [1.54, 1.807) is 13.0 Å². The summed E-state index contributed by atoms with van der Waals surface area (Å²) in [5.41, 5.74) is -1.94. The lowest BCUT2D eigenvalue weighted by atomic mass is 9.63. The summed E-state index contributed by atoms with van der Waals surface area (Å²) in [5, 5.41) is 0. The Bertz CT molecular complexity index is 1110. The monoisotopic (exact) mass is 562 g/mol. The van der Waals surface area contributed by atoms with E-state index in [1.807, 2.05) is 26.8 Å². The molecular formula is C30H42O10. The van der Waals surface area contributed by atoms with Crippen molar-refractivity contribution in [1.82, 2.24) is 0 Å². The molecule has 0 aromatic carbocycles. The molecule has 0 amide bonds. The first kappa shape index (κ1) is 31.4. The van der Waals surface area contributed by atoms with E-state index in [9.17, 15) is 24.0 Å². The van der Waals surface area contributed by atoms with Crippen LogP contribution in [0.1, 0.15) is 68.7 Å². The lowest BCUT2D eigenvalue weighted by Crippen LogP contribution is -2.56. The van der Waals surface area contributed by atoms with Gasteiger partial charge < -0.3 is 23.7 Å². The van der Waals surface area contributed by atoms with Gasteiger partial charge in [-0.3, -0.25) is 24.0 Å². The fourth-order valence-corrected chi connectivity index (χ4v) is 7.77. The van der Waals surface area contributed by atoms with Crippen molar-refractivity contribution in [2.45, 2.75) is 98.2 Å². The molecule has 10 heteroatoms. The van der Waals surface area contributed by atoms with Gasteiger partial charge in [0.25, 0.3) is 0 Å². The lowest BCUT2D eigenvalue weighted by molar-refractivity contribution is -0.199. The topological polar surface area (TPSA) is 132 Å². The zero-order valence-corrected chi connectivity index (χ0v) is 24.8. The molecule has 0 heterocycles. The minimum absolute atomic E-state index is 0.00607. The van der Waals surface area contributed by atoms with Gasteiger partial charge in [-0.1, -0.05) is 32.1 Å². The summed E-state index contributed by atoms with van der Waals surface area (Å²) in [5.74, 6) is -5.63. The van der Waals surface area contributed by atoms with Crippen LogP contribution in [-0.4, -0.2) is 59.4 Å². The number of allylic oxidation sites excluding steroid dienone is 2. The SMILES string of the molecule is C=C(C)[C@H]1C=C[C@@H](OC(C)=O)C2[C@@H]1[C@H](C)[C@@H](C)[C@@]1(OC(C)=O)C[C@@](C)(OC(C)=O)[C@H](OC(C)=O)[C@@H]1[C@H]2OC(C)=O. The lowest BCUT2D eigenvalue weighted by Gasteiger charge is -2.46. The van der Waals surface area contributed by atoms with E-state index in [-0.39, 0.29) is 24.2 Å². The highest BCUT2D eigenvalue weighted by atomic mass is 16.6. The number of rotatable bonds is 6. The molecule has 3 aliphatic carbocycles. The molecule has 2 fully saturated rings. The first-order valence-electron chi connectivity index (χ1n) is 13.7. The number of hydrogen-bond acceptors (Lipinski definition) is 10. The first-order valence-corrected chi connectivity index (χ1v) is 13.7. The van der Waals surface area contributed by atoms with E-state index in [4.69, 9.17) is 23.7 Å². The van der Waals surface area contributed by atoms with E-state index in [1.165, 1.54) is 34.6 Å². The van der Waals surface area contributed by atoms with Crippen molar-refractivity contribution >= 4 is 29.8 Å². The minimum atomic E-state index is -1.42. The van der Waals surface area contributed by atoms with Crippen LogP contribution >= 0.6 is 0 Å². The van der Waals surface area contributed by atoms with Gasteiger partial charge in [-0.15, -0.1) is 0 Å². The first-order chi connectivity index (χ1) is 18.4. The smallest absolute Gasteiger partial charge is 0.303 e. The molecule has 40 heavy (non-hydrogen) atoms. The maximum Gasteiger partial charge on any atom is 0.303 e. The van der Waals surface area contributed by atoms with E-state index in [0.717, 1.165) is 5.57 Å². The molecular weight excluding hydrogens is 520 g/mol. The highest BCUT2D eigenvalue weighted by molar-refractivity contribution is 5.70. The molecule has 1 unspecified atom stereocenters. The summed E-state index contributed by atoms with van der Waals surface area (Å²) in [6.45, 7) is 18.0. The Kier molecular flexibility index (Phi) is 8.91. The summed E-state index contributed by atoms with van der Waals surface area (Å²) in [4.78, 5) is 62.6. The summed E-state index contributed by atoms with van der Waals surface area (Å²) in [6, 6.07) is 0. The summed E-state index contributed by atoms with van der Waals surface area (Å²) in [6.07, 6.45) is 0.704. The largest absolute Gasteiger partial charge is 0.461 e. The predicted octanol–water partition coefficient (Wildman–Crippen LogP) is 3.71. The highest BCUT2D eigenvalue weighted by Gasteiger charge is 2.73. The zero-order valence-electron chi connectivity index (χ0n) is 24.8. The number of fused-ring (bicyclic) bond motifs is 2. The highest BCUT2D eigenvalue weighted by Crippen LogP contribution is 2.62. The van der Waals surface area contributed by atoms with E-state index in [0.29, 0.717) is 0 Å². The zero-order chi connectivity index (χ0) is 30.3. The van der Waals surface area contributed by atoms with E-state index in [2.05, 4.69) is 6.58 Å². The van der Waals surface area contributed by atoms with Gasteiger partial charge >= 0.3 is 29.8 Å². The third-order valence-corrected chi connectivity index (χ3v) is 8.94. The Morgan fingerprint density at radius 3 is 1.77 bits per heavy atom. The fraction of sp³-hybridized carbons (Fsp3) is 0.700. The van der Waals surface area contributed by atoms with Crippen LogP contribution in [0.2, 0.25) is 0 Å². The van der Waals surface area contributed by atoms with Gasteiger partial charge in [-0.25, -0.2) is 0 Å². The molecule has 11 atom stereocenters. The second kappa shape index (κ2) is 11.4. The second-order valence-corrected chi connectivity index (χ2v) is 11.9. The van der Waals surface area contributed by atoms with Crippen LogP contribution in [0.5, 0.6) is 0 Å². The van der Waals surface area contributed by atoms with Crippen molar-refractivity contribution in [3.8, 4) is 0 Å². The summed E-state index contributed by atoms with van der Waals surface area (Å²) < 4.78 is 29.8. The molecule has 0 aromatic heterocycles. The van der Waals surface area contributed by atoms with Crippen molar-refractivity contribution in [3.63, 3.8) is 0 Å². The standard InChI is InChI=1S/C30H42O10/c1-14(2)22-11-12-23(36-17(5)31)25-24(22)15(3)16(4)30(40-21(9)35)13-29(10,39-20(8)34)28(38-19(7)33)26(30)27(25)37-18(6)32/h11-12,15-16,22-28H,1,13H2,2-10H3/t15-,16-,22-,23-,24-,25?,26+,27+,28-,29-,30+/m1/s1. The molecule has 222 valence electrons. The van der Waals surface area contributed by atoms with Crippen LogP contribution in [0.25, 0.3) is 0 Å². The molecule has 0 aromatic rings. The van der Waals surface area contributed by atoms with E-state index >= 15 is 0 Å². The van der Waals surface area contributed by atoms with E-state index < -0.39 is 77.1 Å². The van der Waals surface area contributed by atoms with Gasteiger partial charge in [0.05, 0.1) is 5.92 Å². The molecule has 0 aliphatic heterocycles. The minimum Gasteiger partial charge on any atom is -0.461 e. The Labute approximate surface area is 235 Å². The van der Waals surface area contributed by atoms with Gasteiger partial charge in [0.2, 0.25) is 0 Å². The van der Waals surface area contributed by atoms with Crippen LogP contribution in [0, 0.1) is 35.5 Å². The predicted molar refractivity (Wildman–Crippen MR) is 142 cm³/mol. The molecule has 0 saturated heterocycles. The summed E-state index contributed by atoms with van der Waals surface area (Å²) >= 11 is 0. The molecule has 3 aliphatic rings. The van der Waals surface area contributed by atoms with Crippen molar-refractivity contribution < 1.29 is 47.7 Å². The summed E-state index contributed by atoms with van der Waals surface area (Å²) in [7, 11) is 0. The fourth-order valence-electron chi connectivity index (χ4n) is 7.77. The third-order valence-electron chi connectivity index (χ3n) is 8.94. The number of carbonyl (C=O) groups excluding carboxylic acids is 5. The maximum absolute atomic E-state index is 12.8. The van der Waals surface area contributed by atoms with Gasteiger partial charge in [0, 0.05) is 52.9 Å². The molecule has 0 radical (unpaired) electrons. The molecule has 2 saturated carbocycles. The van der Waals surface area contributed by atoms with Gasteiger partial charge in [0.1, 0.15) is 17.8 Å². The third kappa shape index (κ3) is 5.67. The van der Waals surface area contributed by atoms with Gasteiger partial charge in [-0.05, 0) is 37.7 Å². The number of ether oxygens (including phenoxy) is 5. The molecule has 3 rings (SSSR count). The number of esters is 5. The molecule has 0 N–H and O–H groups in total. The number of hydrogen-bond donors (Lipinski definition) is 0. The van der Waals surface area contributed by atoms with Crippen LogP contribution in [0.4, 0.5) is 0 Å². The van der Waals surface area contributed by atoms with Crippen molar-refractivity contribution in [3.05, 3.63) is 24.3 Å². The average Bonchev–Trinajstić information content (AvgIpc) is 2.98. The Morgan fingerprint density at radius 1 is 0.750 bits per heavy atom. The Balaban J connectivity index is 2.42. The quantitative estimate of drug-likeness (QED) is 0.268. The molecule has 0 spiro atoms. The van der Waals surface area contributed by atoms with Crippen LogP contribution < -0.4 is 0 Å². The van der Waals surface area contributed by atoms with Crippen LogP contribution in [0.3, 0.4) is 0 Å². The van der Waals surface area contributed by atoms with Crippen molar-refractivity contribution in [1.29, 1.82) is 0 Å². The Morgan fingerprint density at radius 2 is 1.30 bits per heavy atom. The normalized spacial score (nSPS) is 40.0. The maximum atomic E-state index is 12.8. The van der Waals surface area contributed by atoms with Crippen molar-refractivity contribution in [2.24, 2.45) is 35.5 Å². The average molecular weight is 563 g/mol. The van der Waals surface area contributed by atoms with Crippen LogP contribution in [-0.2, 0) is 47.7 Å². The molecule has 0 bridgehead atoms. The molecule has 10 nitrogen and oxygen atoms in total. The second-order valence-electron chi connectivity index (χ2n) is 11.9. The van der Waals surface area contributed by atoms with Gasteiger partial charge in [-0.2, -0.15) is 0 Å². The van der Waals surface area contributed by atoms with Crippen molar-refractivity contribution in [2.75, 3.05) is 0 Å². The van der Waals surface area contributed by atoms with Crippen LogP contribution in [0.15, 0.2) is 24.3 Å². The number of carbonyl (C=O) groups is 5.